The average molecular weight is 685 g/mol. The standard InChI is InChI=1S/C37H40N4O5S2/c1-3-23-4-8-25(9-5-23)26-12-14-27(15-13-26)29-19-38-34(39-20-29)28-10-6-24(7-11-28)18-31(36(43)41-21-30(22-41)37(44)45)40-35(42)32-16-17-33(47-32)48(2)46/h6-7,10-17,19-20,23,25,30-31H,3-5,8-9,18,21-22H2,1-2H3,(H,40,42)(H,44,45). The summed E-state index contributed by atoms with van der Waals surface area (Å²) in [4.78, 5) is 48.9. The van der Waals surface area contributed by atoms with Crippen molar-refractivity contribution in [2.75, 3.05) is 19.3 Å². The Bertz CT molecular complexity index is 1780. The first-order valence-electron chi connectivity index (χ1n) is 16.5. The van der Waals surface area contributed by atoms with Crippen molar-refractivity contribution >= 4 is 39.9 Å². The molecule has 0 bridgehead atoms. The van der Waals surface area contributed by atoms with Gasteiger partial charge in [-0.3, -0.25) is 18.6 Å². The summed E-state index contributed by atoms with van der Waals surface area (Å²) in [7, 11) is -1.22. The summed E-state index contributed by atoms with van der Waals surface area (Å²) >= 11 is 1.12. The van der Waals surface area contributed by atoms with Crippen LogP contribution in [0.15, 0.2) is 77.3 Å². The van der Waals surface area contributed by atoms with Gasteiger partial charge in [-0.15, -0.1) is 11.3 Å². The predicted octanol–water partition coefficient (Wildman–Crippen LogP) is 6.18. The van der Waals surface area contributed by atoms with E-state index in [0.29, 0.717) is 20.8 Å². The highest BCUT2D eigenvalue weighted by molar-refractivity contribution is 7.86. The molecular formula is C37H40N4O5S2. The number of aliphatic carboxylic acids is 1. The Balaban J connectivity index is 1.11. The van der Waals surface area contributed by atoms with Crippen LogP contribution in [0.2, 0.25) is 0 Å². The zero-order chi connectivity index (χ0) is 33.8. The second-order valence-corrected chi connectivity index (χ2v) is 15.5. The Hall–Kier alpha value is -4.22. The van der Waals surface area contributed by atoms with Crippen LogP contribution < -0.4 is 5.32 Å². The van der Waals surface area contributed by atoms with Gasteiger partial charge in [0.15, 0.2) is 5.82 Å². The number of aromatic nitrogens is 2. The molecule has 1 aliphatic carbocycles. The first-order chi connectivity index (χ1) is 23.2. The second kappa shape index (κ2) is 14.9. The number of carbonyl (C=O) groups is 3. The molecule has 2 N–H and O–H groups in total. The molecule has 2 aromatic heterocycles. The predicted molar refractivity (Wildman–Crippen MR) is 187 cm³/mol. The van der Waals surface area contributed by atoms with Gasteiger partial charge in [-0.2, -0.15) is 0 Å². The van der Waals surface area contributed by atoms with Gasteiger partial charge in [0.25, 0.3) is 5.91 Å². The molecule has 3 heterocycles. The van der Waals surface area contributed by atoms with Crippen LogP contribution in [0.25, 0.3) is 22.5 Å². The fourth-order valence-corrected chi connectivity index (χ4v) is 8.20. The third-order valence-corrected chi connectivity index (χ3v) is 12.2. The molecule has 4 aromatic rings. The smallest absolute Gasteiger partial charge is 0.310 e. The topological polar surface area (TPSA) is 130 Å². The SMILES string of the molecule is CCC1CCC(c2ccc(-c3cnc(-c4ccc(CC(NC(=O)c5ccc(S(C)=O)s5)C(=O)N5CC(C(=O)O)C5)cc4)nc3)cc2)CC1. The molecule has 0 spiro atoms. The van der Waals surface area contributed by atoms with E-state index in [2.05, 4.69) is 46.5 Å². The van der Waals surface area contributed by atoms with Crippen LogP contribution in [0.1, 0.15) is 65.7 Å². The first kappa shape index (κ1) is 33.7. The molecule has 2 aliphatic rings. The highest BCUT2D eigenvalue weighted by Gasteiger charge is 2.39. The van der Waals surface area contributed by atoms with E-state index in [0.717, 1.165) is 39.5 Å². The summed E-state index contributed by atoms with van der Waals surface area (Å²) in [5.74, 6) is -0.213. The number of carboxylic acid groups (broad SMARTS) is 1. The van der Waals surface area contributed by atoms with Crippen molar-refractivity contribution in [3.63, 3.8) is 0 Å². The van der Waals surface area contributed by atoms with Crippen LogP contribution in [0.5, 0.6) is 0 Å². The molecule has 2 unspecified atom stereocenters. The molecule has 2 fully saturated rings. The van der Waals surface area contributed by atoms with Gasteiger partial charge in [0.05, 0.1) is 25.8 Å². The molecule has 9 nitrogen and oxygen atoms in total. The molecule has 1 aliphatic heterocycles. The van der Waals surface area contributed by atoms with Gasteiger partial charge >= 0.3 is 5.97 Å². The van der Waals surface area contributed by atoms with E-state index in [9.17, 15) is 23.7 Å². The molecule has 1 saturated carbocycles. The average Bonchev–Trinajstić information content (AvgIpc) is 3.59. The van der Waals surface area contributed by atoms with Crippen LogP contribution in [-0.2, 0) is 26.8 Å². The number of carboxylic acids is 1. The number of likely N-dealkylation sites (tertiary alicyclic amines) is 1. The van der Waals surface area contributed by atoms with Crippen LogP contribution in [0.3, 0.4) is 0 Å². The van der Waals surface area contributed by atoms with E-state index >= 15 is 0 Å². The minimum absolute atomic E-state index is 0.106. The zero-order valence-electron chi connectivity index (χ0n) is 27.1. The lowest BCUT2D eigenvalue weighted by Gasteiger charge is -2.38. The lowest BCUT2D eigenvalue weighted by atomic mass is 9.78. The van der Waals surface area contributed by atoms with Gasteiger partial charge in [-0.25, -0.2) is 9.97 Å². The van der Waals surface area contributed by atoms with Gasteiger partial charge in [0.2, 0.25) is 5.91 Å². The highest BCUT2D eigenvalue weighted by atomic mass is 32.2. The lowest BCUT2D eigenvalue weighted by molar-refractivity contribution is -0.153. The molecule has 2 aromatic carbocycles. The Morgan fingerprint density at radius 3 is 2.15 bits per heavy atom. The van der Waals surface area contributed by atoms with E-state index in [-0.39, 0.29) is 25.4 Å². The van der Waals surface area contributed by atoms with Crippen molar-refractivity contribution in [2.24, 2.45) is 11.8 Å². The van der Waals surface area contributed by atoms with E-state index in [4.69, 9.17) is 0 Å². The summed E-state index contributed by atoms with van der Waals surface area (Å²) < 4.78 is 12.4. The van der Waals surface area contributed by atoms with Gasteiger partial charge in [0.1, 0.15) is 6.04 Å². The summed E-state index contributed by atoms with van der Waals surface area (Å²) in [5, 5.41) is 12.1. The Kier molecular flexibility index (Phi) is 10.5. The van der Waals surface area contributed by atoms with Gasteiger partial charge in [0, 0.05) is 49.3 Å². The van der Waals surface area contributed by atoms with Crippen molar-refractivity contribution < 1.29 is 23.7 Å². The third-order valence-electron chi connectivity index (χ3n) is 9.68. The number of thiophene rings is 1. The Labute approximate surface area is 287 Å². The quantitative estimate of drug-likeness (QED) is 0.193. The van der Waals surface area contributed by atoms with Crippen LogP contribution in [-0.4, -0.2) is 67.4 Å². The maximum absolute atomic E-state index is 13.4. The van der Waals surface area contributed by atoms with E-state index in [1.165, 1.54) is 42.6 Å². The summed E-state index contributed by atoms with van der Waals surface area (Å²) in [6, 6.07) is 18.7. The Morgan fingerprint density at radius 2 is 1.56 bits per heavy atom. The Morgan fingerprint density at radius 1 is 0.917 bits per heavy atom. The minimum Gasteiger partial charge on any atom is -0.481 e. The molecule has 11 heteroatoms. The number of hydrogen-bond acceptors (Lipinski definition) is 7. The van der Waals surface area contributed by atoms with E-state index in [1.54, 1.807) is 18.4 Å². The van der Waals surface area contributed by atoms with Gasteiger partial charge < -0.3 is 15.3 Å². The summed E-state index contributed by atoms with van der Waals surface area (Å²) in [6.45, 7) is 2.51. The fourth-order valence-electron chi connectivity index (χ4n) is 6.56. The van der Waals surface area contributed by atoms with Crippen molar-refractivity contribution in [3.05, 3.63) is 89.1 Å². The monoisotopic (exact) mass is 684 g/mol. The molecule has 250 valence electrons. The van der Waals surface area contributed by atoms with E-state index < -0.39 is 34.6 Å². The van der Waals surface area contributed by atoms with Crippen molar-refractivity contribution in [1.82, 2.24) is 20.2 Å². The summed E-state index contributed by atoms with van der Waals surface area (Å²) in [6.07, 6.45) is 11.9. The number of carbonyl (C=O) groups excluding carboxylic acids is 2. The summed E-state index contributed by atoms with van der Waals surface area (Å²) in [5.41, 5.74) is 5.08. The van der Waals surface area contributed by atoms with Crippen molar-refractivity contribution in [2.45, 2.75) is 61.6 Å². The lowest BCUT2D eigenvalue weighted by Crippen LogP contribution is -2.59. The largest absolute Gasteiger partial charge is 0.481 e. The van der Waals surface area contributed by atoms with Crippen LogP contribution in [0, 0.1) is 11.8 Å². The minimum atomic E-state index is -1.22. The number of hydrogen-bond donors (Lipinski definition) is 2. The number of benzene rings is 2. The molecule has 1 saturated heterocycles. The highest BCUT2D eigenvalue weighted by Crippen LogP contribution is 2.37. The first-order valence-corrected chi connectivity index (χ1v) is 18.8. The molecule has 2 amide bonds. The number of nitrogens with zero attached hydrogens (tertiary/aromatic N) is 3. The molecule has 2 atom stereocenters. The third kappa shape index (κ3) is 7.73. The maximum atomic E-state index is 13.4. The second-order valence-electron chi connectivity index (χ2n) is 12.8. The normalized spacial score (nSPS) is 19.2. The van der Waals surface area contributed by atoms with Gasteiger partial charge in [-0.05, 0) is 66.3 Å². The zero-order valence-corrected chi connectivity index (χ0v) is 28.8. The van der Waals surface area contributed by atoms with Crippen molar-refractivity contribution in [3.8, 4) is 22.5 Å². The maximum Gasteiger partial charge on any atom is 0.310 e. The molecular weight excluding hydrogens is 645 g/mol. The molecule has 0 radical (unpaired) electrons. The molecule has 48 heavy (non-hydrogen) atoms. The van der Waals surface area contributed by atoms with Crippen LogP contribution in [0.4, 0.5) is 0 Å². The van der Waals surface area contributed by atoms with Crippen LogP contribution >= 0.6 is 11.3 Å². The fraction of sp³-hybridized carbons (Fsp3) is 0.378. The molecule has 6 rings (SSSR count). The number of amides is 2. The number of nitrogens with one attached hydrogen (secondary N) is 1. The number of rotatable bonds is 11. The van der Waals surface area contributed by atoms with Gasteiger partial charge in [-0.1, -0.05) is 61.9 Å². The van der Waals surface area contributed by atoms with Crippen molar-refractivity contribution in [1.29, 1.82) is 0 Å². The van der Waals surface area contributed by atoms with E-state index in [1.807, 2.05) is 36.7 Å².